The number of rotatable bonds is 7. The SMILES string of the molecule is CCCN(CCO)C(=O)CC1(NC)CCCCC1. The molecular formula is C14H28N2O2. The minimum Gasteiger partial charge on any atom is -0.395 e. The molecule has 0 aliphatic heterocycles. The van der Waals surface area contributed by atoms with Crippen molar-refractivity contribution in [2.45, 2.75) is 57.4 Å². The average Bonchev–Trinajstić information content (AvgIpc) is 2.39. The topological polar surface area (TPSA) is 52.6 Å². The molecule has 106 valence electrons. The molecular weight excluding hydrogens is 228 g/mol. The van der Waals surface area contributed by atoms with Crippen molar-refractivity contribution < 1.29 is 9.90 Å². The van der Waals surface area contributed by atoms with Crippen LogP contribution in [0.3, 0.4) is 0 Å². The molecule has 1 aliphatic carbocycles. The predicted molar refractivity (Wildman–Crippen MR) is 73.4 cm³/mol. The molecule has 0 aromatic heterocycles. The molecule has 1 fully saturated rings. The maximum absolute atomic E-state index is 12.3. The van der Waals surface area contributed by atoms with Gasteiger partial charge in [0.2, 0.25) is 5.91 Å². The van der Waals surface area contributed by atoms with Gasteiger partial charge in [0.05, 0.1) is 6.61 Å². The van der Waals surface area contributed by atoms with Gasteiger partial charge in [-0.05, 0) is 26.3 Å². The van der Waals surface area contributed by atoms with E-state index in [1.54, 1.807) is 4.90 Å². The van der Waals surface area contributed by atoms with Gasteiger partial charge in [-0.1, -0.05) is 26.2 Å². The molecule has 0 radical (unpaired) electrons. The van der Waals surface area contributed by atoms with Crippen molar-refractivity contribution in [3.05, 3.63) is 0 Å². The van der Waals surface area contributed by atoms with Gasteiger partial charge in [0.15, 0.2) is 0 Å². The molecule has 0 heterocycles. The third-order valence-corrected chi connectivity index (χ3v) is 4.05. The average molecular weight is 256 g/mol. The number of carbonyl (C=O) groups excluding carboxylic acids is 1. The van der Waals surface area contributed by atoms with Crippen molar-refractivity contribution in [1.82, 2.24) is 10.2 Å². The molecule has 0 aromatic rings. The fourth-order valence-electron chi connectivity index (χ4n) is 2.90. The number of aliphatic hydroxyl groups excluding tert-OH is 1. The molecule has 0 unspecified atom stereocenters. The summed E-state index contributed by atoms with van der Waals surface area (Å²) in [7, 11) is 1.97. The molecule has 1 saturated carbocycles. The van der Waals surface area contributed by atoms with E-state index in [9.17, 15) is 4.79 Å². The van der Waals surface area contributed by atoms with Crippen molar-refractivity contribution in [2.75, 3.05) is 26.7 Å². The zero-order valence-electron chi connectivity index (χ0n) is 11.9. The second kappa shape index (κ2) is 7.74. The number of hydrogen-bond donors (Lipinski definition) is 2. The molecule has 2 N–H and O–H groups in total. The normalized spacial score (nSPS) is 18.6. The Bertz CT molecular complexity index is 244. The summed E-state index contributed by atoms with van der Waals surface area (Å²) in [6.07, 6.45) is 7.40. The smallest absolute Gasteiger partial charge is 0.224 e. The van der Waals surface area contributed by atoms with E-state index in [1.807, 2.05) is 7.05 Å². The van der Waals surface area contributed by atoms with Crippen LogP contribution in [-0.4, -0.2) is 48.2 Å². The van der Waals surface area contributed by atoms with Crippen LogP contribution in [0.15, 0.2) is 0 Å². The zero-order valence-corrected chi connectivity index (χ0v) is 11.9. The number of aliphatic hydroxyl groups is 1. The van der Waals surface area contributed by atoms with E-state index < -0.39 is 0 Å². The van der Waals surface area contributed by atoms with E-state index in [-0.39, 0.29) is 18.1 Å². The Hall–Kier alpha value is -0.610. The van der Waals surface area contributed by atoms with Crippen molar-refractivity contribution in [1.29, 1.82) is 0 Å². The maximum atomic E-state index is 12.3. The molecule has 0 spiro atoms. The first-order valence-corrected chi connectivity index (χ1v) is 7.25. The van der Waals surface area contributed by atoms with Crippen LogP contribution in [-0.2, 0) is 4.79 Å². The van der Waals surface area contributed by atoms with Gasteiger partial charge in [-0.15, -0.1) is 0 Å². The molecule has 1 aliphatic rings. The first kappa shape index (κ1) is 15.4. The number of amides is 1. The van der Waals surface area contributed by atoms with Crippen molar-refractivity contribution in [3.63, 3.8) is 0 Å². The molecule has 0 aromatic carbocycles. The van der Waals surface area contributed by atoms with E-state index in [1.165, 1.54) is 19.3 Å². The lowest BCUT2D eigenvalue weighted by molar-refractivity contribution is -0.133. The van der Waals surface area contributed by atoms with Crippen LogP contribution in [0.25, 0.3) is 0 Å². The Morgan fingerprint density at radius 2 is 1.94 bits per heavy atom. The summed E-state index contributed by atoms with van der Waals surface area (Å²) in [6, 6.07) is 0. The summed E-state index contributed by atoms with van der Waals surface area (Å²) in [5.74, 6) is 0.183. The first-order chi connectivity index (χ1) is 8.67. The monoisotopic (exact) mass is 256 g/mol. The lowest BCUT2D eigenvalue weighted by Gasteiger charge is -2.38. The van der Waals surface area contributed by atoms with Gasteiger partial charge in [0.1, 0.15) is 0 Å². The lowest BCUT2D eigenvalue weighted by atomic mass is 9.79. The molecule has 4 heteroatoms. The maximum Gasteiger partial charge on any atom is 0.224 e. The Morgan fingerprint density at radius 3 is 2.44 bits per heavy atom. The largest absolute Gasteiger partial charge is 0.395 e. The molecule has 0 bridgehead atoms. The van der Waals surface area contributed by atoms with Gasteiger partial charge in [-0.2, -0.15) is 0 Å². The van der Waals surface area contributed by atoms with Gasteiger partial charge < -0.3 is 15.3 Å². The molecule has 4 nitrogen and oxygen atoms in total. The molecule has 1 amide bonds. The van der Waals surface area contributed by atoms with Gasteiger partial charge in [0.25, 0.3) is 0 Å². The van der Waals surface area contributed by atoms with Crippen LogP contribution in [0.5, 0.6) is 0 Å². The van der Waals surface area contributed by atoms with Gasteiger partial charge >= 0.3 is 0 Å². The summed E-state index contributed by atoms with van der Waals surface area (Å²) in [6.45, 7) is 3.33. The summed E-state index contributed by atoms with van der Waals surface area (Å²) >= 11 is 0. The Kier molecular flexibility index (Phi) is 6.65. The second-order valence-corrected chi connectivity index (χ2v) is 5.37. The quantitative estimate of drug-likeness (QED) is 0.726. The predicted octanol–water partition coefficient (Wildman–Crippen LogP) is 1.53. The van der Waals surface area contributed by atoms with Crippen LogP contribution in [0.2, 0.25) is 0 Å². The fourth-order valence-corrected chi connectivity index (χ4v) is 2.90. The third-order valence-electron chi connectivity index (χ3n) is 4.05. The van der Waals surface area contributed by atoms with Gasteiger partial charge in [-0.3, -0.25) is 4.79 Å². The third kappa shape index (κ3) is 4.25. The fraction of sp³-hybridized carbons (Fsp3) is 0.929. The summed E-state index contributed by atoms with van der Waals surface area (Å²) in [5, 5.41) is 12.4. The number of hydrogen-bond acceptors (Lipinski definition) is 3. The van der Waals surface area contributed by atoms with Gasteiger partial charge in [0, 0.05) is 25.0 Å². The van der Waals surface area contributed by atoms with Gasteiger partial charge in [-0.25, -0.2) is 0 Å². The number of carbonyl (C=O) groups is 1. The Labute approximate surface area is 111 Å². The van der Waals surface area contributed by atoms with E-state index in [0.717, 1.165) is 25.8 Å². The number of nitrogens with one attached hydrogen (secondary N) is 1. The highest BCUT2D eigenvalue weighted by Crippen LogP contribution is 2.31. The molecule has 1 rings (SSSR count). The van der Waals surface area contributed by atoms with Crippen LogP contribution < -0.4 is 5.32 Å². The summed E-state index contributed by atoms with van der Waals surface area (Å²) in [4.78, 5) is 14.1. The Morgan fingerprint density at radius 1 is 1.28 bits per heavy atom. The van der Waals surface area contributed by atoms with Crippen molar-refractivity contribution in [3.8, 4) is 0 Å². The zero-order chi connectivity index (χ0) is 13.4. The minimum absolute atomic E-state index is 0.00319. The van der Waals surface area contributed by atoms with Crippen LogP contribution in [0, 0.1) is 0 Å². The highest BCUT2D eigenvalue weighted by molar-refractivity contribution is 5.77. The number of nitrogens with zero attached hydrogens (tertiary/aromatic N) is 1. The lowest BCUT2D eigenvalue weighted by Crippen LogP contribution is -2.49. The summed E-state index contributed by atoms with van der Waals surface area (Å²) in [5.41, 5.74) is -0.00319. The molecule has 0 atom stereocenters. The van der Waals surface area contributed by atoms with E-state index in [0.29, 0.717) is 13.0 Å². The van der Waals surface area contributed by atoms with Crippen molar-refractivity contribution in [2.24, 2.45) is 0 Å². The highest BCUT2D eigenvalue weighted by Gasteiger charge is 2.33. The highest BCUT2D eigenvalue weighted by atomic mass is 16.3. The van der Waals surface area contributed by atoms with E-state index in [4.69, 9.17) is 5.11 Å². The van der Waals surface area contributed by atoms with Crippen LogP contribution >= 0.6 is 0 Å². The van der Waals surface area contributed by atoms with Crippen molar-refractivity contribution >= 4 is 5.91 Å². The van der Waals surface area contributed by atoms with Crippen LogP contribution in [0.1, 0.15) is 51.9 Å². The van der Waals surface area contributed by atoms with Crippen LogP contribution in [0.4, 0.5) is 0 Å². The Balaban J connectivity index is 2.58. The summed E-state index contributed by atoms with van der Waals surface area (Å²) < 4.78 is 0. The first-order valence-electron chi connectivity index (χ1n) is 7.25. The van der Waals surface area contributed by atoms with E-state index >= 15 is 0 Å². The van der Waals surface area contributed by atoms with E-state index in [2.05, 4.69) is 12.2 Å². The molecule has 18 heavy (non-hydrogen) atoms. The standard InChI is InChI=1S/C14H28N2O2/c1-3-9-16(10-11-17)13(18)12-14(15-2)7-5-4-6-8-14/h15,17H,3-12H2,1-2H3. The minimum atomic E-state index is -0.00319. The molecule has 0 saturated heterocycles. The second-order valence-electron chi connectivity index (χ2n) is 5.37.